The lowest BCUT2D eigenvalue weighted by Gasteiger charge is -2.23. The first-order chi connectivity index (χ1) is 20.0. The van der Waals surface area contributed by atoms with Crippen LogP contribution in [0.2, 0.25) is 2.82 Å². The Morgan fingerprint density at radius 1 is 1.05 bits per heavy atom. The fraction of sp³-hybridized carbons (Fsp3) is 0.323. The number of allylic oxidation sites excluding steroid dienone is 2. The largest absolute Gasteiger partial charge is 0.496 e. The number of rotatable bonds is 2. The van der Waals surface area contributed by atoms with Crippen LogP contribution in [0.4, 0.5) is 5.69 Å². The molecule has 2 aliphatic heterocycles. The summed E-state index contributed by atoms with van der Waals surface area (Å²) in [6.45, 7) is 4.03. The minimum Gasteiger partial charge on any atom is -0.496 e. The molecule has 202 valence electrons. The van der Waals surface area contributed by atoms with E-state index in [0.717, 1.165) is 52.0 Å². The van der Waals surface area contributed by atoms with Gasteiger partial charge in [0.25, 0.3) is 0 Å². The number of alkyl halides is 1. The zero-order chi connectivity index (χ0) is 30.8. The van der Waals surface area contributed by atoms with E-state index in [1.165, 1.54) is 30.0 Å². The minimum absolute atomic E-state index is 0.0201. The maximum Gasteiger partial charge on any atom is 0.187 e. The number of hydrogen-bond acceptors (Lipinski definition) is 6. The lowest BCUT2D eigenvalue weighted by Crippen LogP contribution is -2.24. The van der Waals surface area contributed by atoms with Gasteiger partial charge in [-0.25, -0.2) is 0 Å². The maximum atomic E-state index is 11.9. The molecule has 1 saturated carbocycles. The van der Waals surface area contributed by atoms with Crippen LogP contribution >= 0.6 is 11.6 Å². The molecule has 2 N–H and O–H groups in total. The quantitative estimate of drug-likeness (QED) is 0.354. The number of piperidine rings is 1. The highest BCUT2D eigenvalue weighted by molar-refractivity contribution is 6.57. The Kier molecular flexibility index (Phi) is 8.24. The summed E-state index contributed by atoms with van der Waals surface area (Å²) in [4.78, 5) is 30.4. The van der Waals surface area contributed by atoms with Gasteiger partial charge in [0.1, 0.15) is 5.75 Å². The summed E-state index contributed by atoms with van der Waals surface area (Å²) in [5.41, 5.74) is 4.35. The summed E-state index contributed by atoms with van der Waals surface area (Å²) >= 11 is 6.03. The van der Waals surface area contributed by atoms with Gasteiger partial charge < -0.3 is 24.9 Å². The first-order valence-corrected chi connectivity index (χ1v) is 13.6. The van der Waals surface area contributed by atoms with E-state index >= 15 is 0 Å². The molecule has 0 aromatic heterocycles. The second-order valence-electron chi connectivity index (χ2n) is 10.1. The van der Waals surface area contributed by atoms with E-state index in [-0.39, 0.29) is 28.5 Å². The topological polar surface area (TPSA) is 84.5 Å². The van der Waals surface area contributed by atoms with E-state index in [9.17, 15) is 14.4 Å². The van der Waals surface area contributed by atoms with Gasteiger partial charge in [-0.1, -0.05) is 48.5 Å². The lowest BCUT2D eigenvalue weighted by atomic mass is 9.82. The van der Waals surface area contributed by atoms with E-state index < -0.39 is 0 Å². The van der Waals surface area contributed by atoms with Crippen LogP contribution in [0.5, 0.6) is 5.75 Å². The molecule has 4 radical (unpaired) electrons. The number of nitrogens with one attached hydrogen (secondary N) is 2. The normalized spacial score (nSPS) is 23.1. The van der Waals surface area contributed by atoms with Gasteiger partial charge in [-0.2, -0.15) is 0 Å². The van der Waals surface area contributed by atoms with Gasteiger partial charge >= 0.3 is 0 Å². The molecule has 0 bridgehead atoms. The van der Waals surface area contributed by atoms with Crippen molar-refractivity contribution in [3.8, 4) is 5.75 Å². The average Bonchev–Trinajstić information content (AvgIpc) is 3.44. The van der Waals surface area contributed by atoms with Crippen LogP contribution in [0.3, 0.4) is 0 Å². The van der Waals surface area contributed by atoms with Gasteiger partial charge in [-0.3, -0.25) is 4.79 Å². The third-order valence-corrected chi connectivity index (χ3v) is 7.68. The molecular formula is C31H31B2ClN2O4. The molecule has 3 aromatic carbocycles. The molecule has 3 atom stereocenters. The van der Waals surface area contributed by atoms with Crippen molar-refractivity contribution in [1.29, 1.82) is 0 Å². The second kappa shape index (κ2) is 12.3. The van der Waals surface area contributed by atoms with Gasteiger partial charge in [0.2, 0.25) is 0 Å². The number of carbonyl (C=O) groups is 3. The lowest BCUT2D eigenvalue weighted by molar-refractivity contribution is -0.110. The van der Waals surface area contributed by atoms with Crippen LogP contribution < -0.4 is 15.4 Å². The Hall–Kier alpha value is -3.51. The molecule has 3 aromatic rings. The Morgan fingerprint density at radius 2 is 1.68 bits per heavy atom. The molecule has 2 heterocycles. The molecule has 40 heavy (non-hydrogen) atoms. The predicted molar refractivity (Wildman–Crippen MR) is 162 cm³/mol. The molecule has 7 rings (SSSR count). The van der Waals surface area contributed by atoms with E-state index in [1.54, 1.807) is 13.2 Å². The van der Waals surface area contributed by atoms with E-state index in [1.807, 2.05) is 42.5 Å². The molecular weight excluding hydrogens is 521 g/mol. The number of fused-ring (bicyclic) bond motifs is 4. The van der Waals surface area contributed by atoms with E-state index in [2.05, 4.69) is 27.8 Å². The number of carbonyl (C=O) groups excluding carboxylic acids is 3. The standard InChI is InChI=1S/C14H14ClNO.C13H11NO.2C2H3BO/c1-17-13-6-12-14(9(7-15)8-16-12)11-5-3-2-4-10(11)13;15-11-5-12-13(6-8(13)7-14-12)10-4-2-1-3-9(10)11;2*1-2(3)4/h2-6,9,16H,7-8H2,1H3;1-5,8,14H,6-7H2;2*1H3/i/hT2. The highest BCUT2D eigenvalue weighted by Crippen LogP contribution is 2.63. The van der Waals surface area contributed by atoms with Crippen molar-refractivity contribution in [2.45, 2.75) is 31.6 Å². The van der Waals surface area contributed by atoms with Gasteiger partial charge in [0, 0.05) is 64.8 Å². The van der Waals surface area contributed by atoms with Crippen LogP contribution in [0.1, 0.15) is 47.7 Å². The number of ketones is 1. The predicted octanol–water partition coefficient (Wildman–Crippen LogP) is 4.63. The molecule has 4 aliphatic rings. The van der Waals surface area contributed by atoms with E-state index in [0.29, 0.717) is 18.3 Å². The highest BCUT2D eigenvalue weighted by Gasteiger charge is 2.63. The van der Waals surface area contributed by atoms with Crippen LogP contribution in [0, 0.1) is 5.92 Å². The number of ether oxygens (including phenoxy) is 1. The third kappa shape index (κ3) is 5.83. The maximum absolute atomic E-state index is 11.9. The summed E-state index contributed by atoms with van der Waals surface area (Å²) in [5, 5.41) is 5.25. The SMILES string of the molecule is [3H]N1CC(CCl)c2c1cc(OC)c1ccccc21.[3H]N1CC2CC23C1=CC(=O)c1ccccc13.[B]C(C)=O.[B]C(C)=O. The van der Waals surface area contributed by atoms with Crippen molar-refractivity contribution in [2.75, 3.05) is 31.4 Å². The molecule has 9 heteroatoms. The zero-order valence-corrected chi connectivity index (χ0v) is 23.6. The average molecular weight is 557 g/mol. The van der Waals surface area contributed by atoms with Crippen LogP contribution in [-0.4, -0.2) is 58.9 Å². The summed E-state index contributed by atoms with van der Waals surface area (Å²) < 4.78 is 21.3. The van der Waals surface area contributed by atoms with Crippen molar-refractivity contribution >= 4 is 60.9 Å². The fourth-order valence-corrected chi connectivity index (χ4v) is 5.90. The number of benzene rings is 3. The summed E-state index contributed by atoms with van der Waals surface area (Å²) in [6, 6.07) is 17.9. The molecule has 0 amide bonds. The summed E-state index contributed by atoms with van der Waals surface area (Å²) in [6.07, 6.45) is 2.78. The van der Waals surface area contributed by atoms with Crippen molar-refractivity contribution in [1.82, 2.24) is 5.31 Å². The van der Waals surface area contributed by atoms with Crippen molar-refractivity contribution in [3.05, 3.63) is 83.1 Å². The molecule has 2 aliphatic carbocycles. The van der Waals surface area contributed by atoms with E-state index in [4.69, 9.17) is 19.2 Å². The Bertz CT molecular complexity index is 1550. The Labute approximate surface area is 245 Å². The number of hydrogen-bond donors (Lipinski definition) is 2. The summed E-state index contributed by atoms with van der Waals surface area (Å²) in [7, 11) is 10.6. The molecule has 6 nitrogen and oxygen atoms in total. The van der Waals surface area contributed by atoms with Crippen molar-refractivity contribution in [3.63, 3.8) is 0 Å². The van der Waals surface area contributed by atoms with Crippen LogP contribution in [-0.2, 0) is 15.0 Å². The number of methoxy groups -OCH3 is 1. The van der Waals surface area contributed by atoms with Crippen LogP contribution in [0.15, 0.2) is 66.4 Å². The monoisotopic (exact) mass is 556 g/mol. The second-order valence-corrected chi connectivity index (χ2v) is 10.4. The van der Waals surface area contributed by atoms with Crippen molar-refractivity contribution < 1.29 is 21.9 Å². The molecule has 1 saturated heterocycles. The Balaban J connectivity index is 0.000000155. The first kappa shape index (κ1) is 26.7. The molecule has 1 spiro atoms. The van der Waals surface area contributed by atoms with Gasteiger partial charge in [0.15, 0.2) is 24.3 Å². The summed E-state index contributed by atoms with van der Waals surface area (Å²) in [5.74, 6) is 2.18. The smallest absolute Gasteiger partial charge is 0.187 e. The number of anilines is 1. The highest BCUT2D eigenvalue weighted by atomic mass is 35.5. The van der Waals surface area contributed by atoms with Gasteiger partial charge in [-0.05, 0) is 42.7 Å². The molecule has 3 unspecified atom stereocenters. The molecule has 2 fully saturated rings. The Morgan fingerprint density at radius 3 is 2.33 bits per heavy atom. The van der Waals surface area contributed by atoms with Crippen LogP contribution in [0.25, 0.3) is 10.8 Å². The third-order valence-electron chi connectivity index (χ3n) is 7.31. The number of halogens is 1. The minimum atomic E-state index is -0.333. The zero-order valence-electron chi connectivity index (χ0n) is 24.8. The fourth-order valence-electron chi connectivity index (χ4n) is 5.65. The van der Waals surface area contributed by atoms with Gasteiger partial charge in [0.05, 0.1) is 18.5 Å². The van der Waals surface area contributed by atoms with Crippen molar-refractivity contribution in [2.24, 2.45) is 5.92 Å². The van der Waals surface area contributed by atoms with Gasteiger partial charge in [-0.15, -0.1) is 11.6 Å². The first-order valence-electron chi connectivity index (χ1n) is 13.9.